The van der Waals surface area contributed by atoms with Crippen molar-refractivity contribution in [3.8, 4) is 5.75 Å². The largest absolute Gasteiger partial charge is 0.507 e. The van der Waals surface area contributed by atoms with Gasteiger partial charge in [0.1, 0.15) is 5.75 Å². The summed E-state index contributed by atoms with van der Waals surface area (Å²) in [7, 11) is 0. The molecule has 2 heteroatoms. The zero-order valence-electron chi connectivity index (χ0n) is 10.6. The summed E-state index contributed by atoms with van der Waals surface area (Å²) in [5, 5.41) is 10.2. The first-order valence-corrected chi connectivity index (χ1v) is 6.03. The fourth-order valence-corrected chi connectivity index (χ4v) is 1.96. The highest BCUT2D eigenvalue weighted by Gasteiger charge is 2.16. The summed E-state index contributed by atoms with van der Waals surface area (Å²) in [6, 6.07) is 14.3. The van der Waals surface area contributed by atoms with Crippen molar-refractivity contribution in [3.05, 3.63) is 65.2 Å². The number of para-hydroxylation sites is 1. The maximum atomic E-state index is 12.3. The number of phenols is 1. The van der Waals surface area contributed by atoms with Crippen molar-refractivity contribution >= 4 is 5.78 Å². The van der Waals surface area contributed by atoms with Crippen LogP contribution in [0.15, 0.2) is 48.5 Å². The molecule has 92 valence electrons. The minimum atomic E-state index is -0.143. The highest BCUT2D eigenvalue weighted by molar-refractivity contribution is 6.10. The van der Waals surface area contributed by atoms with Crippen LogP contribution < -0.4 is 0 Å². The zero-order valence-corrected chi connectivity index (χ0v) is 10.6. The number of carbonyl (C=O) groups excluding carboxylic acids is 1. The van der Waals surface area contributed by atoms with Crippen LogP contribution >= 0.6 is 0 Å². The number of hydrogen-bond acceptors (Lipinski definition) is 2. The van der Waals surface area contributed by atoms with Crippen molar-refractivity contribution in [1.29, 1.82) is 0 Å². The van der Waals surface area contributed by atoms with E-state index in [-0.39, 0.29) is 17.5 Å². The minimum absolute atomic E-state index is 0.0985. The lowest BCUT2D eigenvalue weighted by Gasteiger charge is -2.11. The van der Waals surface area contributed by atoms with Gasteiger partial charge in [0.25, 0.3) is 0 Å². The summed E-state index contributed by atoms with van der Waals surface area (Å²) in [6.45, 7) is 3.98. The third kappa shape index (κ3) is 2.28. The quantitative estimate of drug-likeness (QED) is 0.830. The normalized spacial score (nSPS) is 10.6. The van der Waals surface area contributed by atoms with Crippen LogP contribution in [0.5, 0.6) is 5.75 Å². The van der Waals surface area contributed by atoms with Gasteiger partial charge in [0, 0.05) is 5.56 Å². The number of ketones is 1. The Morgan fingerprint density at radius 3 is 2.28 bits per heavy atom. The van der Waals surface area contributed by atoms with Crippen molar-refractivity contribution in [2.75, 3.05) is 0 Å². The van der Waals surface area contributed by atoms with Crippen LogP contribution in [0.4, 0.5) is 0 Å². The van der Waals surface area contributed by atoms with E-state index in [0.717, 1.165) is 5.56 Å². The Balaban J connectivity index is 2.47. The summed E-state index contributed by atoms with van der Waals surface area (Å²) in [5.41, 5.74) is 1.76. The molecule has 2 rings (SSSR count). The van der Waals surface area contributed by atoms with Gasteiger partial charge in [-0.1, -0.05) is 56.3 Å². The van der Waals surface area contributed by atoms with Crippen LogP contribution in [0.1, 0.15) is 41.3 Å². The average molecular weight is 240 g/mol. The summed E-state index contributed by atoms with van der Waals surface area (Å²) >= 11 is 0. The van der Waals surface area contributed by atoms with Crippen LogP contribution in [-0.4, -0.2) is 10.9 Å². The molecule has 0 saturated carbocycles. The molecule has 0 bridgehead atoms. The molecule has 0 atom stereocenters. The van der Waals surface area contributed by atoms with E-state index in [1.165, 1.54) is 0 Å². The van der Waals surface area contributed by atoms with E-state index in [2.05, 4.69) is 0 Å². The standard InChI is InChI=1S/C16H16O2/c1-11(2)13-9-6-10-14(16(13)18)15(17)12-7-4-3-5-8-12/h3-11,18H,1-2H3. The SMILES string of the molecule is CC(C)c1cccc(C(=O)c2ccccc2)c1O. The molecule has 0 radical (unpaired) electrons. The lowest BCUT2D eigenvalue weighted by Crippen LogP contribution is -2.03. The van der Waals surface area contributed by atoms with Gasteiger partial charge in [0.05, 0.1) is 5.56 Å². The molecule has 0 fully saturated rings. The average Bonchev–Trinajstić information content (AvgIpc) is 2.39. The van der Waals surface area contributed by atoms with Crippen LogP contribution in [-0.2, 0) is 0 Å². The van der Waals surface area contributed by atoms with Gasteiger partial charge in [-0.15, -0.1) is 0 Å². The molecule has 0 aliphatic rings. The highest BCUT2D eigenvalue weighted by Crippen LogP contribution is 2.30. The van der Waals surface area contributed by atoms with E-state index < -0.39 is 0 Å². The molecule has 0 unspecified atom stereocenters. The van der Waals surface area contributed by atoms with Crippen molar-refractivity contribution < 1.29 is 9.90 Å². The van der Waals surface area contributed by atoms with Gasteiger partial charge in [-0.25, -0.2) is 0 Å². The lowest BCUT2D eigenvalue weighted by atomic mass is 9.95. The minimum Gasteiger partial charge on any atom is -0.507 e. The number of hydrogen-bond donors (Lipinski definition) is 1. The Bertz CT molecular complexity index is 557. The Labute approximate surface area is 107 Å². The maximum Gasteiger partial charge on any atom is 0.196 e. The van der Waals surface area contributed by atoms with Crippen LogP contribution in [0.3, 0.4) is 0 Å². The number of phenolic OH excluding ortho intramolecular Hbond substituents is 1. The first-order chi connectivity index (χ1) is 8.61. The first kappa shape index (κ1) is 12.4. The predicted octanol–water partition coefficient (Wildman–Crippen LogP) is 3.75. The smallest absolute Gasteiger partial charge is 0.196 e. The Hall–Kier alpha value is -2.09. The topological polar surface area (TPSA) is 37.3 Å². The van der Waals surface area contributed by atoms with Crippen molar-refractivity contribution in [2.24, 2.45) is 0 Å². The van der Waals surface area contributed by atoms with Crippen molar-refractivity contribution in [2.45, 2.75) is 19.8 Å². The number of benzene rings is 2. The summed E-state index contributed by atoms with van der Waals surface area (Å²) < 4.78 is 0. The van der Waals surface area contributed by atoms with E-state index in [1.54, 1.807) is 18.2 Å². The zero-order chi connectivity index (χ0) is 13.1. The second-order valence-corrected chi connectivity index (χ2v) is 4.59. The van der Waals surface area contributed by atoms with Gasteiger partial charge in [-0.05, 0) is 17.5 Å². The molecule has 0 heterocycles. The Kier molecular flexibility index (Phi) is 3.47. The van der Waals surface area contributed by atoms with E-state index in [4.69, 9.17) is 0 Å². The molecular formula is C16H16O2. The fraction of sp³-hybridized carbons (Fsp3) is 0.188. The monoisotopic (exact) mass is 240 g/mol. The van der Waals surface area contributed by atoms with Crippen LogP contribution in [0.25, 0.3) is 0 Å². The fourth-order valence-electron chi connectivity index (χ4n) is 1.96. The van der Waals surface area contributed by atoms with Crippen molar-refractivity contribution in [1.82, 2.24) is 0 Å². The molecule has 0 aromatic heterocycles. The number of carbonyl (C=O) groups is 1. The van der Waals surface area contributed by atoms with E-state index in [0.29, 0.717) is 11.1 Å². The van der Waals surface area contributed by atoms with Crippen LogP contribution in [0, 0.1) is 0 Å². The highest BCUT2D eigenvalue weighted by atomic mass is 16.3. The molecule has 0 amide bonds. The van der Waals surface area contributed by atoms with Gasteiger partial charge in [0.15, 0.2) is 5.78 Å². The third-order valence-electron chi connectivity index (χ3n) is 2.97. The molecule has 0 aliphatic carbocycles. The van der Waals surface area contributed by atoms with E-state index >= 15 is 0 Å². The molecule has 0 saturated heterocycles. The molecule has 2 nitrogen and oxygen atoms in total. The first-order valence-electron chi connectivity index (χ1n) is 6.03. The van der Waals surface area contributed by atoms with Crippen molar-refractivity contribution in [3.63, 3.8) is 0 Å². The third-order valence-corrected chi connectivity index (χ3v) is 2.97. The molecular weight excluding hydrogens is 224 g/mol. The second kappa shape index (κ2) is 5.05. The summed E-state index contributed by atoms with van der Waals surface area (Å²) in [4.78, 5) is 12.3. The summed E-state index contributed by atoms with van der Waals surface area (Å²) in [5.74, 6) is 0.144. The van der Waals surface area contributed by atoms with E-state index in [1.807, 2.05) is 44.2 Å². The van der Waals surface area contributed by atoms with Crippen LogP contribution in [0.2, 0.25) is 0 Å². The number of aromatic hydroxyl groups is 1. The van der Waals surface area contributed by atoms with Gasteiger partial charge < -0.3 is 5.11 Å². The predicted molar refractivity (Wildman–Crippen MR) is 72.1 cm³/mol. The van der Waals surface area contributed by atoms with Gasteiger partial charge in [0.2, 0.25) is 0 Å². The molecule has 0 aliphatic heterocycles. The molecule has 0 spiro atoms. The molecule has 18 heavy (non-hydrogen) atoms. The molecule has 1 N–H and O–H groups in total. The Morgan fingerprint density at radius 2 is 1.67 bits per heavy atom. The Morgan fingerprint density at radius 1 is 1.00 bits per heavy atom. The van der Waals surface area contributed by atoms with Gasteiger partial charge in [-0.3, -0.25) is 4.79 Å². The number of rotatable bonds is 3. The lowest BCUT2D eigenvalue weighted by molar-refractivity contribution is 0.103. The van der Waals surface area contributed by atoms with Gasteiger partial charge >= 0.3 is 0 Å². The van der Waals surface area contributed by atoms with E-state index in [9.17, 15) is 9.90 Å². The summed E-state index contributed by atoms with van der Waals surface area (Å²) in [6.07, 6.45) is 0. The molecule has 2 aromatic rings. The van der Waals surface area contributed by atoms with Gasteiger partial charge in [-0.2, -0.15) is 0 Å². The maximum absolute atomic E-state index is 12.3. The molecule has 2 aromatic carbocycles. The second-order valence-electron chi connectivity index (χ2n) is 4.59.